The number of nitrogens with zero attached hydrogens (tertiary/aromatic N) is 2. The lowest BCUT2D eigenvalue weighted by Gasteiger charge is -2.09. The van der Waals surface area contributed by atoms with Gasteiger partial charge in [-0.15, -0.1) is 11.3 Å². The van der Waals surface area contributed by atoms with Crippen molar-refractivity contribution >= 4 is 34.1 Å². The average molecular weight is 412 g/mol. The predicted octanol–water partition coefficient (Wildman–Crippen LogP) is 2.66. The zero-order valence-electron chi connectivity index (χ0n) is 15.6. The molecule has 0 aliphatic carbocycles. The van der Waals surface area contributed by atoms with Crippen molar-refractivity contribution in [2.45, 2.75) is 19.8 Å². The van der Waals surface area contributed by atoms with Crippen molar-refractivity contribution in [2.75, 3.05) is 13.2 Å². The van der Waals surface area contributed by atoms with E-state index in [9.17, 15) is 19.6 Å². The van der Waals surface area contributed by atoms with Gasteiger partial charge in [-0.2, -0.15) is 5.26 Å². The summed E-state index contributed by atoms with van der Waals surface area (Å²) >= 11 is 1.20. The fourth-order valence-corrected chi connectivity index (χ4v) is 3.44. The zero-order chi connectivity index (χ0) is 21.0. The van der Waals surface area contributed by atoms with Gasteiger partial charge in [-0.25, -0.2) is 14.6 Å². The van der Waals surface area contributed by atoms with E-state index in [0.29, 0.717) is 22.0 Å². The molecule has 0 unspecified atom stereocenters. The van der Waals surface area contributed by atoms with Crippen LogP contribution in [-0.4, -0.2) is 30.0 Å². The Morgan fingerprint density at radius 3 is 2.76 bits per heavy atom. The fraction of sp³-hybridized carbons (Fsp3) is 0.250. The summed E-state index contributed by atoms with van der Waals surface area (Å²) in [6.45, 7) is 2.55. The molecule has 29 heavy (non-hydrogen) atoms. The van der Waals surface area contributed by atoms with Gasteiger partial charge in [-0.1, -0.05) is 0 Å². The van der Waals surface area contributed by atoms with Gasteiger partial charge >= 0.3 is 11.6 Å². The number of aryl methyl sites for hydroxylation is 2. The van der Waals surface area contributed by atoms with Gasteiger partial charge < -0.3 is 13.9 Å². The topological polar surface area (TPSA) is 119 Å². The number of benzene rings is 1. The molecule has 1 aromatic carbocycles. The molecule has 9 heteroatoms. The van der Waals surface area contributed by atoms with Gasteiger partial charge in [0.05, 0.1) is 6.07 Å². The monoisotopic (exact) mass is 412 g/mol. The van der Waals surface area contributed by atoms with Crippen LogP contribution in [-0.2, 0) is 14.3 Å². The molecule has 0 saturated heterocycles. The van der Waals surface area contributed by atoms with E-state index in [2.05, 4.69) is 4.98 Å². The third-order valence-corrected chi connectivity index (χ3v) is 5.02. The van der Waals surface area contributed by atoms with Gasteiger partial charge in [0.25, 0.3) is 0 Å². The van der Waals surface area contributed by atoms with Crippen LogP contribution >= 0.6 is 11.3 Å². The Kier molecular flexibility index (Phi) is 6.04. The number of Topliss-reactive ketones (excluding diaryl/α,β-unsaturated/α-hetero) is 1. The van der Waals surface area contributed by atoms with Gasteiger partial charge in [-0.05, 0) is 31.5 Å². The molecule has 0 bridgehead atoms. The first-order valence-electron chi connectivity index (χ1n) is 8.54. The summed E-state index contributed by atoms with van der Waals surface area (Å²) in [5, 5.41) is 12.1. The van der Waals surface area contributed by atoms with E-state index in [4.69, 9.17) is 13.9 Å². The van der Waals surface area contributed by atoms with Crippen LogP contribution < -0.4 is 10.4 Å². The van der Waals surface area contributed by atoms with Gasteiger partial charge in [0.2, 0.25) is 0 Å². The van der Waals surface area contributed by atoms with E-state index < -0.39 is 36.5 Å². The molecule has 0 fully saturated rings. The second kappa shape index (κ2) is 8.67. The lowest BCUT2D eigenvalue weighted by molar-refractivity contribution is -0.150. The molecule has 3 rings (SSSR count). The van der Waals surface area contributed by atoms with E-state index >= 15 is 0 Å². The van der Waals surface area contributed by atoms with Crippen LogP contribution in [0.5, 0.6) is 5.75 Å². The molecule has 2 aromatic heterocycles. The molecule has 0 amide bonds. The molecule has 0 N–H and O–H groups in total. The van der Waals surface area contributed by atoms with Crippen LogP contribution in [0.15, 0.2) is 38.9 Å². The molecule has 0 spiro atoms. The normalized spacial score (nSPS) is 11.6. The standard InChI is InChI=1S/C20H16N2O6S/c1-11-5-18(24)28-17-6-13(3-4-14(11)17)26-9-19(25)27-8-16(23)15(7-21)20-22-12(2)10-29-20/h3-6,10,15H,8-9H2,1-2H3/t15-/m1/s1. The van der Waals surface area contributed by atoms with Crippen molar-refractivity contribution in [3.05, 3.63) is 56.3 Å². The molecule has 0 aliphatic rings. The molecule has 0 radical (unpaired) electrons. The minimum absolute atomic E-state index is 0.308. The van der Waals surface area contributed by atoms with Crippen LogP contribution in [0.3, 0.4) is 0 Å². The molecule has 3 aromatic rings. The van der Waals surface area contributed by atoms with E-state index in [-0.39, 0.29) is 0 Å². The number of hydrogen-bond donors (Lipinski definition) is 0. The predicted molar refractivity (Wildman–Crippen MR) is 104 cm³/mol. The van der Waals surface area contributed by atoms with Crippen LogP contribution in [0, 0.1) is 25.2 Å². The van der Waals surface area contributed by atoms with Gasteiger partial charge in [0, 0.05) is 28.6 Å². The minimum atomic E-state index is -1.07. The molecule has 1 atom stereocenters. The number of fused-ring (bicyclic) bond motifs is 1. The summed E-state index contributed by atoms with van der Waals surface area (Å²) in [7, 11) is 0. The second-order valence-electron chi connectivity index (χ2n) is 6.21. The van der Waals surface area contributed by atoms with Crippen LogP contribution in [0.2, 0.25) is 0 Å². The average Bonchev–Trinajstić information content (AvgIpc) is 3.10. The van der Waals surface area contributed by atoms with Crippen LogP contribution in [0.1, 0.15) is 22.2 Å². The summed E-state index contributed by atoms with van der Waals surface area (Å²) in [6.07, 6.45) is 0. The quantitative estimate of drug-likeness (QED) is 0.429. The smallest absolute Gasteiger partial charge is 0.344 e. The van der Waals surface area contributed by atoms with E-state index in [0.717, 1.165) is 10.9 Å². The lowest BCUT2D eigenvalue weighted by Crippen LogP contribution is -2.22. The summed E-state index contributed by atoms with van der Waals surface area (Å²) in [4.78, 5) is 39.6. The number of ether oxygens (including phenoxy) is 2. The van der Waals surface area contributed by atoms with E-state index in [1.165, 1.54) is 23.5 Å². The third kappa shape index (κ3) is 4.86. The first-order chi connectivity index (χ1) is 13.9. The third-order valence-electron chi connectivity index (χ3n) is 3.99. The molecule has 8 nitrogen and oxygen atoms in total. The Morgan fingerprint density at radius 2 is 2.07 bits per heavy atom. The Hall–Kier alpha value is -3.51. The largest absolute Gasteiger partial charge is 0.482 e. The van der Waals surface area contributed by atoms with E-state index in [1.54, 1.807) is 31.4 Å². The number of nitriles is 1. The number of carbonyl (C=O) groups excluding carboxylic acids is 2. The van der Waals surface area contributed by atoms with Crippen molar-refractivity contribution in [2.24, 2.45) is 0 Å². The summed E-state index contributed by atoms with van der Waals surface area (Å²) in [6, 6.07) is 8.11. The molecule has 2 heterocycles. The van der Waals surface area contributed by atoms with Crippen LogP contribution in [0.25, 0.3) is 11.0 Å². The SMILES string of the molecule is Cc1csc([C@H](C#N)C(=O)COC(=O)COc2ccc3c(C)cc(=O)oc3c2)n1. The molecule has 148 valence electrons. The van der Waals surface area contributed by atoms with Crippen molar-refractivity contribution in [3.8, 4) is 11.8 Å². The molecular formula is C20H16N2O6S. The summed E-state index contributed by atoms with van der Waals surface area (Å²) < 4.78 is 15.4. The maximum atomic E-state index is 12.2. The van der Waals surface area contributed by atoms with Gasteiger partial charge in [-0.3, -0.25) is 4.79 Å². The first-order valence-corrected chi connectivity index (χ1v) is 9.42. The maximum Gasteiger partial charge on any atom is 0.344 e. The molecular weight excluding hydrogens is 396 g/mol. The number of thiazole rings is 1. The molecule has 0 saturated carbocycles. The van der Waals surface area contributed by atoms with E-state index in [1.807, 2.05) is 6.07 Å². The van der Waals surface area contributed by atoms with Crippen molar-refractivity contribution in [1.29, 1.82) is 5.26 Å². The maximum absolute atomic E-state index is 12.2. The highest BCUT2D eigenvalue weighted by molar-refractivity contribution is 7.09. The summed E-state index contributed by atoms with van der Waals surface area (Å²) in [5.74, 6) is -2.09. The molecule has 0 aliphatic heterocycles. The zero-order valence-corrected chi connectivity index (χ0v) is 16.4. The number of rotatable bonds is 7. The van der Waals surface area contributed by atoms with Crippen molar-refractivity contribution < 1.29 is 23.5 Å². The van der Waals surface area contributed by atoms with Gasteiger partial charge in [0.1, 0.15) is 16.3 Å². The van der Waals surface area contributed by atoms with Gasteiger partial charge in [0.15, 0.2) is 24.9 Å². The minimum Gasteiger partial charge on any atom is -0.482 e. The highest BCUT2D eigenvalue weighted by Crippen LogP contribution is 2.23. The highest BCUT2D eigenvalue weighted by Gasteiger charge is 2.24. The highest BCUT2D eigenvalue weighted by atomic mass is 32.1. The number of ketones is 1. The number of carbonyl (C=O) groups is 2. The van der Waals surface area contributed by atoms with Crippen molar-refractivity contribution in [1.82, 2.24) is 4.98 Å². The number of hydrogen-bond acceptors (Lipinski definition) is 9. The number of aromatic nitrogens is 1. The second-order valence-corrected chi connectivity index (χ2v) is 7.10. The first kappa shape index (κ1) is 20.2. The Labute approximate surface area is 169 Å². The van der Waals surface area contributed by atoms with Crippen LogP contribution in [0.4, 0.5) is 0 Å². The Morgan fingerprint density at radius 1 is 1.28 bits per heavy atom. The number of esters is 1. The lowest BCUT2D eigenvalue weighted by atomic mass is 10.1. The fourth-order valence-electron chi connectivity index (χ4n) is 2.58. The Balaban J connectivity index is 1.56. The Bertz CT molecular complexity index is 1170. The van der Waals surface area contributed by atoms with Crippen molar-refractivity contribution in [3.63, 3.8) is 0 Å². The summed E-state index contributed by atoms with van der Waals surface area (Å²) in [5.41, 5.74) is 1.34.